The van der Waals surface area contributed by atoms with Gasteiger partial charge >= 0.3 is 0 Å². The molecule has 0 radical (unpaired) electrons. The lowest BCUT2D eigenvalue weighted by Gasteiger charge is -1.99. The Morgan fingerprint density at radius 1 is 1.14 bits per heavy atom. The van der Waals surface area contributed by atoms with E-state index in [4.69, 9.17) is 0 Å². The lowest BCUT2D eigenvalue weighted by Crippen LogP contribution is -2.19. The van der Waals surface area contributed by atoms with Gasteiger partial charge < -0.3 is 0 Å². The molecule has 0 bridgehead atoms. The molecule has 21 heavy (non-hydrogen) atoms. The summed E-state index contributed by atoms with van der Waals surface area (Å²) in [6.07, 6.45) is 1.69. The third-order valence-electron chi connectivity index (χ3n) is 2.71. The van der Waals surface area contributed by atoms with Gasteiger partial charge in [-0.2, -0.15) is 5.10 Å². The second kappa shape index (κ2) is 6.95. The van der Waals surface area contributed by atoms with E-state index in [1.165, 1.54) is 18.3 Å². The first-order valence-electron chi connectivity index (χ1n) is 6.25. The number of carbonyl (C=O) groups is 1. The van der Waals surface area contributed by atoms with Crippen molar-refractivity contribution in [2.24, 2.45) is 5.10 Å². The van der Waals surface area contributed by atoms with Gasteiger partial charge in [0.05, 0.1) is 17.6 Å². The van der Waals surface area contributed by atoms with Gasteiger partial charge in [-0.3, -0.25) is 14.9 Å². The minimum Gasteiger partial charge on any atom is -0.273 e. The van der Waals surface area contributed by atoms with Crippen molar-refractivity contribution in [1.82, 2.24) is 5.43 Å². The molecule has 2 aromatic carbocycles. The topological polar surface area (TPSA) is 84.6 Å². The summed E-state index contributed by atoms with van der Waals surface area (Å²) in [4.78, 5) is 21.7. The highest BCUT2D eigenvalue weighted by molar-refractivity contribution is 5.83. The van der Waals surface area contributed by atoms with Crippen molar-refractivity contribution in [3.63, 3.8) is 0 Å². The third kappa shape index (κ3) is 4.54. The van der Waals surface area contributed by atoms with Crippen LogP contribution >= 0.6 is 0 Å². The van der Waals surface area contributed by atoms with Crippen molar-refractivity contribution < 1.29 is 9.72 Å². The van der Waals surface area contributed by atoms with E-state index in [-0.39, 0.29) is 18.0 Å². The molecule has 0 aliphatic carbocycles. The molecule has 1 N–H and O–H groups in total. The van der Waals surface area contributed by atoms with Crippen molar-refractivity contribution in [2.75, 3.05) is 0 Å². The fraction of sp³-hybridized carbons (Fsp3) is 0.0667. The molecule has 0 fully saturated rings. The minimum atomic E-state index is -0.470. The van der Waals surface area contributed by atoms with Gasteiger partial charge in [-0.15, -0.1) is 0 Å². The van der Waals surface area contributed by atoms with Crippen molar-refractivity contribution in [3.05, 3.63) is 75.8 Å². The predicted octanol–water partition coefficient (Wildman–Crippen LogP) is 2.29. The van der Waals surface area contributed by atoms with E-state index in [1.54, 1.807) is 12.1 Å². The summed E-state index contributed by atoms with van der Waals surface area (Å²) < 4.78 is 0. The number of hydrogen-bond donors (Lipinski definition) is 1. The highest BCUT2D eigenvalue weighted by Gasteiger charge is 2.03. The average molecular weight is 283 g/mol. The first kappa shape index (κ1) is 14.4. The van der Waals surface area contributed by atoms with Gasteiger partial charge in [0, 0.05) is 12.1 Å². The van der Waals surface area contributed by atoms with Gasteiger partial charge in [-0.1, -0.05) is 30.3 Å². The van der Waals surface area contributed by atoms with Crippen LogP contribution in [0.5, 0.6) is 0 Å². The largest absolute Gasteiger partial charge is 0.273 e. The zero-order chi connectivity index (χ0) is 15.1. The molecule has 0 aliphatic rings. The fourth-order valence-electron chi connectivity index (χ4n) is 1.68. The van der Waals surface area contributed by atoms with E-state index >= 15 is 0 Å². The molecule has 0 saturated carbocycles. The molecule has 6 nitrogen and oxygen atoms in total. The molecule has 0 saturated heterocycles. The summed E-state index contributed by atoms with van der Waals surface area (Å²) in [7, 11) is 0. The lowest BCUT2D eigenvalue weighted by atomic mass is 10.1. The van der Waals surface area contributed by atoms with Gasteiger partial charge in [0.1, 0.15) is 0 Å². The SMILES string of the molecule is O=C(Cc1ccccc1)N/N=C\c1ccc([N+](=O)[O-])cc1. The molecule has 106 valence electrons. The van der Waals surface area contributed by atoms with Crippen LogP contribution in [0.2, 0.25) is 0 Å². The van der Waals surface area contributed by atoms with Gasteiger partial charge in [0.2, 0.25) is 5.91 Å². The summed E-state index contributed by atoms with van der Waals surface area (Å²) in [5, 5.41) is 14.3. The second-order valence-electron chi connectivity index (χ2n) is 4.30. The van der Waals surface area contributed by atoms with Gasteiger partial charge in [-0.25, -0.2) is 5.43 Å². The summed E-state index contributed by atoms with van der Waals surface area (Å²) >= 11 is 0. The molecular formula is C15H13N3O3. The summed E-state index contributed by atoms with van der Waals surface area (Å²) in [5.41, 5.74) is 4.00. The Morgan fingerprint density at radius 2 is 1.81 bits per heavy atom. The van der Waals surface area contributed by atoms with E-state index in [2.05, 4.69) is 10.5 Å². The molecule has 2 aromatic rings. The number of rotatable bonds is 5. The second-order valence-corrected chi connectivity index (χ2v) is 4.30. The molecule has 0 atom stereocenters. The zero-order valence-corrected chi connectivity index (χ0v) is 11.1. The number of hydrazone groups is 1. The highest BCUT2D eigenvalue weighted by atomic mass is 16.6. The Morgan fingerprint density at radius 3 is 2.43 bits per heavy atom. The first-order valence-corrected chi connectivity index (χ1v) is 6.25. The Hall–Kier alpha value is -3.02. The molecule has 0 heterocycles. The average Bonchev–Trinajstić information content (AvgIpc) is 2.49. The number of hydrogen-bond acceptors (Lipinski definition) is 4. The number of non-ortho nitro benzene ring substituents is 1. The summed E-state index contributed by atoms with van der Waals surface area (Å²) in [5.74, 6) is -0.223. The Labute approximate surface area is 121 Å². The van der Waals surface area contributed by atoms with E-state index in [0.29, 0.717) is 5.56 Å². The number of nitrogens with zero attached hydrogens (tertiary/aromatic N) is 2. The highest BCUT2D eigenvalue weighted by Crippen LogP contribution is 2.10. The number of nitrogens with one attached hydrogen (secondary N) is 1. The number of nitro benzene ring substituents is 1. The Kier molecular flexibility index (Phi) is 4.76. The molecule has 2 rings (SSSR count). The Bertz CT molecular complexity index is 652. The smallest absolute Gasteiger partial charge is 0.269 e. The van der Waals surface area contributed by atoms with Crippen molar-refractivity contribution in [3.8, 4) is 0 Å². The zero-order valence-electron chi connectivity index (χ0n) is 11.1. The van der Waals surface area contributed by atoms with Gasteiger partial charge in [0.25, 0.3) is 5.69 Å². The molecule has 0 aromatic heterocycles. The monoisotopic (exact) mass is 283 g/mol. The van der Waals surface area contributed by atoms with Crippen LogP contribution in [0, 0.1) is 10.1 Å². The van der Waals surface area contributed by atoms with Crippen LogP contribution in [-0.4, -0.2) is 17.0 Å². The van der Waals surface area contributed by atoms with Crippen LogP contribution < -0.4 is 5.43 Å². The van der Waals surface area contributed by atoms with Crippen LogP contribution in [-0.2, 0) is 11.2 Å². The lowest BCUT2D eigenvalue weighted by molar-refractivity contribution is -0.384. The maximum atomic E-state index is 11.6. The molecular weight excluding hydrogens is 270 g/mol. The first-order chi connectivity index (χ1) is 10.1. The molecule has 0 aliphatic heterocycles. The maximum Gasteiger partial charge on any atom is 0.269 e. The number of nitro groups is 1. The van der Waals surface area contributed by atoms with E-state index in [1.807, 2.05) is 30.3 Å². The summed E-state index contributed by atoms with van der Waals surface area (Å²) in [6.45, 7) is 0. The van der Waals surface area contributed by atoms with E-state index in [0.717, 1.165) is 5.56 Å². The Balaban J connectivity index is 1.87. The van der Waals surface area contributed by atoms with Crippen LogP contribution in [0.3, 0.4) is 0 Å². The van der Waals surface area contributed by atoms with Crippen LogP contribution in [0.15, 0.2) is 59.7 Å². The van der Waals surface area contributed by atoms with Gasteiger partial charge in [-0.05, 0) is 23.3 Å². The minimum absolute atomic E-state index is 0.0141. The van der Waals surface area contributed by atoms with Crippen LogP contribution in [0.1, 0.15) is 11.1 Å². The number of amides is 1. The maximum absolute atomic E-state index is 11.6. The molecule has 6 heteroatoms. The fourth-order valence-corrected chi connectivity index (χ4v) is 1.68. The van der Waals surface area contributed by atoms with Crippen molar-refractivity contribution in [2.45, 2.75) is 6.42 Å². The number of carbonyl (C=O) groups excluding carboxylic acids is 1. The normalized spacial score (nSPS) is 10.5. The standard InChI is InChI=1S/C15H13N3O3/c19-15(10-12-4-2-1-3-5-12)17-16-11-13-6-8-14(9-7-13)18(20)21/h1-9,11H,10H2,(H,17,19)/b16-11-. The predicted molar refractivity (Wildman–Crippen MR) is 79.0 cm³/mol. The van der Waals surface area contributed by atoms with Crippen LogP contribution in [0.4, 0.5) is 5.69 Å². The summed E-state index contributed by atoms with van der Waals surface area (Å²) in [6, 6.07) is 15.2. The van der Waals surface area contributed by atoms with E-state index in [9.17, 15) is 14.9 Å². The molecule has 1 amide bonds. The quantitative estimate of drug-likeness (QED) is 0.519. The molecule has 0 spiro atoms. The molecule has 0 unspecified atom stereocenters. The van der Waals surface area contributed by atoms with E-state index < -0.39 is 4.92 Å². The van der Waals surface area contributed by atoms with Gasteiger partial charge in [0.15, 0.2) is 0 Å². The van der Waals surface area contributed by atoms with Crippen molar-refractivity contribution >= 4 is 17.8 Å². The van der Waals surface area contributed by atoms with Crippen molar-refractivity contribution in [1.29, 1.82) is 0 Å². The van der Waals surface area contributed by atoms with Crippen LogP contribution in [0.25, 0.3) is 0 Å². The number of benzene rings is 2. The third-order valence-corrected chi connectivity index (χ3v) is 2.71.